The Balaban J connectivity index is 0.000000555. The van der Waals surface area contributed by atoms with Crippen LogP contribution in [0, 0.1) is 10.8 Å². The van der Waals surface area contributed by atoms with Crippen LogP contribution in [-0.2, 0) is 26.3 Å². The number of esters is 1. The van der Waals surface area contributed by atoms with Gasteiger partial charge >= 0.3 is 11.9 Å². The van der Waals surface area contributed by atoms with Gasteiger partial charge in [-0.25, -0.2) is 0 Å². The molecule has 0 saturated carbocycles. The van der Waals surface area contributed by atoms with Crippen LogP contribution in [0.1, 0.15) is 98.3 Å². The molecule has 0 heterocycles. The van der Waals surface area contributed by atoms with Crippen molar-refractivity contribution < 1.29 is 19.4 Å². The maximum absolute atomic E-state index is 11.8. The summed E-state index contributed by atoms with van der Waals surface area (Å²) in [5.41, 5.74) is 2.88. The SMILES string of the molecule is C=Cc1ccc(COC(=O)C(C)(C)CC)cc1.CCC(C)(C)C(=O)O.CCC(C)(C)c1ccccc1. The second kappa shape index (κ2) is 15.3. The van der Waals surface area contributed by atoms with Crippen molar-refractivity contribution in [3.63, 3.8) is 0 Å². The second-order valence-electron chi connectivity index (χ2n) is 10.9. The third-order valence-corrected chi connectivity index (χ3v) is 6.92. The van der Waals surface area contributed by atoms with Crippen molar-refractivity contribution in [3.8, 4) is 0 Å². The number of benzene rings is 2. The monoisotopic (exact) mass is 496 g/mol. The summed E-state index contributed by atoms with van der Waals surface area (Å²) < 4.78 is 5.29. The van der Waals surface area contributed by atoms with Gasteiger partial charge in [0.25, 0.3) is 0 Å². The van der Waals surface area contributed by atoms with E-state index in [9.17, 15) is 9.59 Å². The first-order chi connectivity index (χ1) is 16.7. The summed E-state index contributed by atoms with van der Waals surface area (Å²) in [6, 6.07) is 18.5. The molecule has 1 N–H and O–H groups in total. The Bertz CT molecular complexity index is 922. The summed E-state index contributed by atoms with van der Waals surface area (Å²) >= 11 is 0. The number of rotatable bonds is 9. The van der Waals surface area contributed by atoms with Gasteiger partial charge in [-0.3, -0.25) is 9.59 Å². The lowest BCUT2D eigenvalue weighted by molar-refractivity contribution is -0.155. The number of aliphatic carboxylic acids is 1. The van der Waals surface area contributed by atoms with E-state index in [1.807, 2.05) is 52.0 Å². The Morgan fingerprint density at radius 2 is 1.31 bits per heavy atom. The van der Waals surface area contributed by atoms with E-state index in [0.717, 1.165) is 17.5 Å². The zero-order chi connectivity index (χ0) is 28.0. The second-order valence-corrected chi connectivity index (χ2v) is 10.9. The highest BCUT2D eigenvalue weighted by Gasteiger charge is 2.27. The molecule has 0 atom stereocenters. The first-order valence-electron chi connectivity index (χ1n) is 12.8. The van der Waals surface area contributed by atoms with Gasteiger partial charge in [-0.15, -0.1) is 0 Å². The first-order valence-corrected chi connectivity index (χ1v) is 12.8. The number of hydrogen-bond acceptors (Lipinski definition) is 3. The Morgan fingerprint density at radius 3 is 1.67 bits per heavy atom. The molecule has 0 radical (unpaired) electrons. The average molecular weight is 497 g/mol. The van der Waals surface area contributed by atoms with E-state index in [-0.39, 0.29) is 5.97 Å². The predicted molar refractivity (Wildman–Crippen MR) is 152 cm³/mol. The Morgan fingerprint density at radius 1 is 0.806 bits per heavy atom. The molecule has 0 bridgehead atoms. The smallest absolute Gasteiger partial charge is 0.311 e. The molecule has 0 aromatic heterocycles. The van der Waals surface area contributed by atoms with Crippen molar-refractivity contribution in [2.24, 2.45) is 10.8 Å². The molecule has 4 nitrogen and oxygen atoms in total. The summed E-state index contributed by atoms with van der Waals surface area (Å²) in [6.07, 6.45) is 4.44. The van der Waals surface area contributed by atoms with E-state index in [1.54, 1.807) is 19.9 Å². The van der Waals surface area contributed by atoms with Crippen molar-refractivity contribution in [2.45, 2.75) is 93.6 Å². The van der Waals surface area contributed by atoms with Crippen LogP contribution in [0.4, 0.5) is 0 Å². The van der Waals surface area contributed by atoms with Gasteiger partial charge in [-0.1, -0.05) is 102 Å². The molecule has 4 heteroatoms. The fourth-order valence-corrected chi connectivity index (χ4v) is 2.48. The molecule has 0 fully saturated rings. The number of carboxylic acids is 1. The van der Waals surface area contributed by atoms with Gasteiger partial charge in [0.1, 0.15) is 6.61 Å². The molecule has 0 saturated heterocycles. The van der Waals surface area contributed by atoms with Gasteiger partial charge < -0.3 is 9.84 Å². The lowest BCUT2D eigenvalue weighted by atomic mass is 9.82. The molecule has 36 heavy (non-hydrogen) atoms. The van der Waals surface area contributed by atoms with Crippen LogP contribution in [0.25, 0.3) is 6.08 Å². The molecular formula is C32H48O4. The normalized spacial score (nSPS) is 11.2. The highest BCUT2D eigenvalue weighted by Crippen LogP contribution is 2.25. The highest BCUT2D eigenvalue weighted by atomic mass is 16.5. The molecule has 2 aromatic rings. The maximum atomic E-state index is 11.8. The lowest BCUT2D eigenvalue weighted by Gasteiger charge is -2.22. The molecule has 2 aromatic carbocycles. The zero-order valence-electron chi connectivity index (χ0n) is 24.0. The molecule has 0 aliphatic rings. The van der Waals surface area contributed by atoms with E-state index in [0.29, 0.717) is 18.4 Å². The minimum absolute atomic E-state index is 0.146. The van der Waals surface area contributed by atoms with Gasteiger partial charge in [-0.2, -0.15) is 0 Å². The number of carbonyl (C=O) groups is 2. The van der Waals surface area contributed by atoms with Gasteiger partial charge in [0.2, 0.25) is 0 Å². The fraction of sp³-hybridized carbons (Fsp3) is 0.500. The van der Waals surface area contributed by atoms with Crippen molar-refractivity contribution >= 4 is 18.0 Å². The van der Waals surface area contributed by atoms with E-state index >= 15 is 0 Å². The topological polar surface area (TPSA) is 63.6 Å². The molecule has 0 unspecified atom stereocenters. The summed E-state index contributed by atoms with van der Waals surface area (Å²) in [7, 11) is 0. The molecule has 0 aliphatic heterocycles. The summed E-state index contributed by atoms with van der Waals surface area (Å²) in [5, 5.41) is 8.44. The first kappa shape index (κ1) is 33.1. The maximum Gasteiger partial charge on any atom is 0.311 e. The number of hydrogen-bond donors (Lipinski definition) is 1. The van der Waals surface area contributed by atoms with Crippen molar-refractivity contribution in [1.29, 1.82) is 0 Å². The summed E-state index contributed by atoms with van der Waals surface area (Å²) in [4.78, 5) is 22.0. The summed E-state index contributed by atoms with van der Waals surface area (Å²) in [6.45, 7) is 21.9. The number of carboxylic acid groups (broad SMARTS) is 1. The Labute approximate surface area is 219 Å². The molecule has 0 spiro atoms. The van der Waals surface area contributed by atoms with E-state index in [2.05, 4.69) is 57.7 Å². The van der Waals surface area contributed by atoms with Crippen LogP contribution < -0.4 is 0 Å². The third-order valence-electron chi connectivity index (χ3n) is 6.92. The Hall–Kier alpha value is -2.88. The third kappa shape index (κ3) is 11.7. The van der Waals surface area contributed by atoms with Crippen LogP contribution in [-0.4, -0.2) is 17.0 Å². The van der Waals surface area contributed by atoms with Crippen LogP contribution in [0.5, 0.6) is 0 Å². The number of carbonyl (C=O) groups excluding carboxylic acids is 1. The molecule has 200 valence electrons. The van der Waals surface area contributed by atoms with Crippen LogP contribution >= 0.6 is 0 Å². The van der Waals surface area contributed by atoms with E-state index in [4.69, 9.17) is 9.84 Å². The molecule has 0 aliphatic carbocycles. The van der Waals surface area contributed by atoms with E-state index in [1.165, 1.54) is 12.0 Å². The van der Waals surface area contributed by atoms with Crippen molar-refractivity contribution in [3.05, 3.63) is 77.9 Å². The van der Waals surface area contributed by atoms with Crippen molar-refractivity contribution in [1.82, 2.24) is 0 Å². The molecule has 0 amide bonds. The highest BCUT2D eigenvalue weighted by molar-refractivity contribution is 5.75. The van der Waals surface area contributed by atoms with Gasteiger partial charge in [0.15, 0.2) is 0 Å². The van der Waals surface area contributed by atoms with Crippen molar-refractivity contribution in [2.75, 3.05) is 0 Å². The van der Waals surface area contributed by atoms with Gasteiger partial charge in [-0.05, 0) is 69.1 Å². The minimum Gasteiger partial charge on any atom is -0.481 e. The fourth-order valence-electron chi connectivity index (χ4n) is 2.48. The number of ether oxygens (including phenoxy) is 1. The average Bonchev–Trinajstić information content (AvgIpc) is 2.88. The van der Waals surface area contributed by atoms with Crippen LogP contribution in [0.2, 0.25) is 0 Å². The lowest BCUT2D eigenvalue weighted by Crippen LogP contribution is -2.25. The van der Waals surface area contributed by atoms with E-state index < -0.39 is 16.8 Å². The quantitative estimate of drug-likeness (QED) is 0.353. The zero-order valence-corrected chi connectivity index (χ0v) is 24.0. The molecular weight excluding hydrogens is 448 g/mol. The standard InChI is InChI=1S/C15H20O2.C11H16.C6H12O2/c1-5-12-7-9-13(10-8-12)11-17-14(16)15(3,4)6-2;1-4-11(2,3)10-8-6-5-7-9-10;1-4-6(2,3)5(7)8/h5,7-10H,1,6,11H2,2-4H3;5-9H,4H2,1-3H3;4H2,1-3H3,(H,7,8). The van der Waals surface area contributed by atoms with Gasteiger partial charge in [0, 0.05) is 0 Å². The Kier molecular flexibility index (Phi) is 14.1. The minimum atomic E-state index is -0.722. The predicted octanol–water partition coefficient (Wildman–Crippen LogP) is 8.69. The van der Waals surface area contributed by atoms with Crippen LogP contribution in [0.15, 0.2) is 61.2 Å². The summed E-state index contributed by atoms with van der Waals surface area (Å²) in [5.74, 6) is -0.868. The molecule has 2 rings (SSSR count). The van der Waals surface area contributed by atoms with Crippen LogP contribution in [0.3, 0.4) is 0 Å². The van der Waals surface area contributed by atoms with Gasteiger partial charge in [0.05, 0.1) is 10.8 Å². The largest absolute Gasteiger partial charge is 0.481 e.